The molecule has 0 aromatic heterocycles. The maximum atomic E-state index is 11.2. The van der Waals surface area contributed by atoms with Gasteiger partial charge in [0.05, 0.1) is 5.75 Å². The molecule has 0 saturated carbocycles. The second-order valence-electron chi connectivity index (χ2n) is 3.64. The van der Waals surface area contributed by atoms with Crippen molar-refractivity contribution in [2.75, 3.05) is 25.1 Å². The molecule has 0 spiro atoms. The van der Waals surface area contributed by atoms with E-state index in [4.69, 9.17) is 0 Å². The van der Waals surface area contributed by atoms with Crippen molar-refractivity contribution in [2.45, 2.75) is 18.9 Å². The fourth-order valence-corrected chi connectivity index (χ4v) is 1.91. The molecule has 2 N–H and O–H groups in total. The van der Waals surface area contributed by atoms with Gasteiger partial charge >= 0.3 is 0 Å². The van der Waals surface area contributed by atoms with Gasteiger partial charge in [-0.15, -0.1) is 0 Å². The molecule has 1 aliphatic rings. The highest BCUT2D eigenvalue weighted by atomic mass is 32.2. The van der Waals surface area contributed by atoms with Crippen molar-refractivity contribution in [2.24, 2.45) is 0 Å². The Morgan fingerprint density at radius 3 is 2.79 bits per heavy atom. The predicted octanol–water partition coefficient (Wildman–Crippen LogP) is -1.10. The first-order chi connectivity index (χ1) is 6.47. The van der Waals surface area contributed by atoms with Crippen LogP contribution in [0.3, 0.4) is 0 Å². The topological polar surface area (TPSA) is 75.3 Å². The van der Waals surface area contributed by atoms with Gasteiger partial charge in [-0.25, -0.2) is 8.42 Å². The molecule has 0 aliphatic carbocycles. The van der Waals surface area contributed by atoms with Gasteiger partial charge in [0.2, 0.25) is 5.91 Å². The Balaban J connectivity index is 2.22. The number of amides is 1. The Bertz CT molecular complexity index is 294. The van der Waals surface area contributed by atoms with Crippen LogP contribution in [0.5, 0.6) is 0 Å². The zero-order chi connectivity index (χ0) is 10.6. The van der Waals surface area contributed by atoms with Gasteiger partial charge < -0.3 is 10.6 Å². The molecule has 0 aromatic carbocycles. The highest BCUT2D eigenvalue weighted by Crippen LogP contribution is 1.98. The summed E-state index contributed by atoms with van der Waals surface area (Å²) >= 11 is 0. The summed E-state index contributed by atoms with van der Waals surface area (Å²) in [6.07, 6.45) is 2.12. The van der Waals surface area contributed by atoms with Crippen LogP contribution in [0.25, 0.3) is 0 Å². The van der Waals surface area contributed by atoms with E-state index in [1.807, 2.05) is 0 Å². The molecule has 14 heavy (non-hydrogen) atoms. The maximum absolute atomic E-state index is 11.2. The quantitative estimate of drug-likeness (QED) is 0.630. The third-order valence-electron chi connectivity index (χ3n) is 2.13. The summed E-state index contributed by atoms with van der Waals surface area (Å²) < 4.78 is 21.6. The van der Waals surface area contributed by atoms with Gasteiger partial charge in [0.1, 0.15) is 9.84 Å². The van der Waals surface area contributed by atoms with Gasteiger partial charge in [0.25, 0.3) is 0 Å². The van der Waals surface area contributed by atoms with Crippen LogP contribution >= 0.6 is 0 Å². The van der Waals surface area contributed by atoms with E-state index >= 15 is 0 Å². The van der Waals surface area contributed by atoms with Crippen molar-refractivity contribution in [1.82, 2.24) is 10.6 Å². The van der Waals surface area contributed by atoms with Gasteiger partial charge in [-0.1, -0.05) is 0 Å². The minimum atomic E-state index is -3.03. The number of sulfone groups is 1. The lowest BCUT2D eigenvalue weighted by molar-refractivity contribution is -0.121. The van der Waals surface area contributed by atoms with Gasteiger partial charge in [-0.3, -0.25) is 4.79 Å². The van der Waals surface area contributed by atoms with Crippen LogP contribution in [-0.2, 0) is 14.6 Å². The second kappa shape index (κ2) is 4.75. The molecule has 1 amide bonds. The Morgan fingerprint density at radius 1 is 1.57 bits per heavy atom. The highest BCUT2D eigenvalue weighted by Gasteiger charge is 2.17. The average molecular weight is 220 g/mol. The molecule has 1 saturated heterocycles. The SMILES string of the molecule is CS(=O)(=O)CCC(=O)N[C@H]1CCNC1. The smallest absolute Gasteiger partial charge is 0.221 e. The standard InChI is InChI=1S/C8H16N2O3S/c1-14(12,13)5-3-8(11)10-7-2-4-9-6-7/h7,9H,2-6H2,1H3,(H,10,11)/t7-/m0/s1. The average Bonchev–Trinajstić information content (AvgIpc) is 2.52. The molecule has 5 nitrogen and oxygen atoms in total. The van der Waals surface area contributed by atoms with Crippen molar-refractivity contribution < 1.29 is 13.2 Å². The summed E-state index contributed by atoms with van der Waals surface area (Å²) in [4.78, 5) is 11.2. The lowest BCUT2D eigenvalue weighted by Gasteiger charge is -2.10. The fraction of sp³-hybridized carbons (Fsp3) is 0.875. The number of rotatable bonds is 4. The Hall–Kier alpha value is -0.620. The number of carbonyl (C=O) groups excluding carboxylic acids is 1. The fourth-order valence-electron chi connectivity index (χ4n) is 1.36. The third kappa shape index (κ3) is 4.57. The lowest BCUT2D eigenvalue weighted by Crippen LogP contribution is -2.36. The number of nitrogens with one attached hydrogen (secondary N) is 2. The number of hydrogen-bond donors (Lipinski definition) is 2. The number of carbonyl (C=O) groups is 1. The molecule has 0 unspecified atom stereocenters. The summed E-state index contributed by atoms with van der Waals surface area (Å²) in [5, 5.41) is 5.90. The Morgan fingerprint density at radius 2 is 2.29 bits per heavy atom. The zero-order valence-corrected chi connectivity index (χ0v) is 9.06. The summed E-state index contributed by atoms with van der Waals surface area (Å²) in [5.74, 6) is -0.247. The number of hydrogen-bond acceptors (Lipinski definition) is 4. The molecule has 1 fully saturated rings. The lowest BCUT2D eigenvalue weighted by atomic mass is 10.2. The van der Waals surface area contributed by atoms with Crippen LogP contribution in [0.4, 0.5) is 0 Å². The van der Waals surface area contributed by atoms with E-state index in [1.165, 1.54) is 0 Å². The van der Waals surface area contributed by atoms with Crippen molar-refractivity contribution in [3.05, 3.63) is 0 Å². The normalized spacial score (nSPS) is 22.2. The summed E-state index contributed by atoms with van der Waals surface area (Å²) in [5.41, 5.74) is 0. The van der Waals surface area contributed by atoms with Crippen LogP contribution in [0.2, 0.25) is 0 Å². The van der Waals surface area contributed by atoms with Crippen LogP contribution < -0.4 is 10.6 Å². The van der Waals surface area contributed by atoms with Crippen molar-refractivity contribution in [1.29, 1.82) is 0 Å². The van der Waals surface area contributed by atoms with Crippen molar-refractivity contribution >= 4 is 15.7 Å². The molecule has 1 rings (SSSR count). The molecular weight excluding hydrogens is 204 g/mol. The Labute approximate surface area is 84.2 Å². The highest BCUT2D eigenvalue weighted by molar-refractivity contribution is 7.90. The first-order valence-electron chi connectivity index (χ1n) is 4.65. The van der Waals surface area contributed by atoms with E-state index in [2.05, 4.69) is 10.6 Å². The van der Waals surface area contributed by atoms with Crippen LogP contribution in [0, 0.1) is 0 Å². The first kappa shape index (κ1) is 11.5. The predicted molar refractivity (Wildman–Crippen MR) is 53.7 cm³/mol. The second-order valence-corrected chi connectivity index (χ2v) is 5.90. The molecule has 1 atom stereocenters. The molecular formula is C8H16N2O3S. The van der Waals surface area contributed by atoms with E-state index in [0.717, 1.165) is 25.8 Å². The molecule has 0 aromatic rings. The summed E-state index contributed by atoms with van der Waals surface area (Å²) in [7, 11) is -3.03. The Kier molecular flexibility index (Phi) is 3.88. The van der Waals surface area contributed by atoms with Crippen LogP contribution in [-0.4, -0.2) is 45.5 Å². The van der Waals surface area contributed by atoms with Gasteiger partial charge in [-0.05, 0) is 13.0 Å². The summed E-state index contributed by atoms with van der Waals surface area (Å²) in [6, 6.07) is 0.169. The van der Waals surface area contributed by atoms with Crippen molar-refractivity contribution in [3.8, 4) is 0 Å². The minimum absolute atomic E-state index is 0.0648. The molecule has 1 aliphatic heterocycles. The van der Waals surface area contributed by atoms with Crippen LogP contribution in [0.15, 0.2) is 0 Å². The zero-order valence-electron chi connectivity index (χ0n) is 8.25. The minimum Gasteiger partial charge on any atom is -0.352 e. The first-order valence-corrected chi connectivity index (χ1v) is 6.71. The van der Waals surface area contributed by atoms with Crippen LogP contribution in [0.1, 0.15) is 12.8 Å². The molecule has 0 radical (unpaired) electrons. The summed E-state index contributed by atoms with van der Waals surface area (Å²) in [6.45, 7) is 1.70. The largest absolute Gasteiger partial charge is 0.352 e. The van der Waals surface area contributed by atoms with E-state index in [9.17, 15) is 13.2 Å². The van der Waals surface area contributed by atoms with Gasteiger partial charge in [0.15, 0.2) is 0 Å². The van der Waals surface area contributed by atoms with E-state index in [0.29, 0.717) is 0 Å². The molecule has 0 bridgehead atoms. The van der Waals surface area contributed by atoms with E-state index in [-0.39, 0.29) is 24.1 Å². The van der Waals surface area contributed by atoms with E-state index in [1.54, 1.807) is 0 Å². The monoisotopic (exact) mass is 220 g/mol. The molecule has 6 heteroatoms. The third-order valence-corrected chi connectivity index (χ3v) is 3.07. The van der Waals surface area contributed by atoms with E-state index < -0.39 is 9.84 Å². The molecule has 1 heterocycles. The van der Waals surface area contributed by atoms with Crippen molar-refractivity contribution in [3.63, 3.8) is 0 Å². The van der Waals surface area contributed by atoms with Gasteiger partial charge in [-0.2, -0.15) is 0 Å². The molecule has 82 valence electrons. The maximum Gasteiger partial charge on any atom is 0.221 e. The van der Waals surface area contributed by atoms with Gasteiger partial charge in [0, 0.05) is 25.3 Å².